The van der Waals surface area contributed by atoms with Crippen LogP contribution in [-0.2, 0) is 0 Å². The fourth-order valence-electron chi connectivity index (χ4n) is 0.352. The molecule has 0 aliphatic heterocycles. The van der Waals surface area contributed by atoms with Gasteiger partial charge < -0.3 is 0 Å². The minimum atomic E-state index is 0. The molecule has 0 amide bonds. The number of rotatable bonds is 3. The van der Waals surface area contributed by atoms with Crippen LogP contribution in [0.5, 0.6) is 0 Å². The topological polar surface area (TPSA) is 0 Å². The summed E-state index contributed by atoms with van der Waals surface area (Å²) in [6.45, 7) is 2.16. The first kappa shape index (κ1) is 13.3. The highest BCUT2D eigenvalue weighted by Crippen LogP contribution is 2.18. The molecule has 9 heavy (non-hydrogen) atoms. The Morgan fingerprint density at radius 3 is 1.78 bits per heavy atom. The van der Waals surface area contributed by atoms with Crippen molar-refractivity contribution in [2.45, 2.75) is 23.0 Å². The Bertz CT molecular complexity index is 52.2. The first-order valence-electron chi connectivity index (χ1n) is 2.56. The average molecular weight is 341 g/mol. The number of hydrogen-bond donors (Lipinski definition) is 0. The molecule has 0 heterocycles. The van der Waals surface area contributed by atoms with Gasteiger partial charge in [-0.3, -0.25) is 0 Å². The van der Waals surface area contributed by atoms with Crippen molar-refractivity contribution in [2.24, 2.45) is 0 Å². The molecule has 0 aliphatic carbocycles. The van der Waals surface area contributed by atoms with E-state index in [1.807, 2.05) is 0 Å². The van der Waals surface area contributed by atoms with Crippen LogP contribution in [0.4, 0.5) is 0 Å². The zero-order valence-corrected chi connectivity index (χ0v) is 9.46. The summed E-state index contributed by atoms with van der Waals surface area (Å²) in [4.78, 5) is 1.16. The van der Waals surface area contributed by atoms with E-state index >= 15 is 0 Å². The molecule has 0 aromatic carbocycles. The summed E-state index contributed by atoms with van der Waals surface area (Å²) in [6.07, 6.45) is 1.17. The van der Waals surface area contributed by atoms with Crippen molar-refractivity contribution < 1.29 is 0 Å². The molecule has 2 atom stereocenters. The Morgan fingerprint density at radius 2 is 1.67 bits per heavy atom. The molecule has 0 fully saturated rings. The van der Waals surface area contributed by atoms with Crippen molar-refractivity contribution in [1.29, 1.82) is 0 Å². The van der Waals surface area contributed by atoms with Crippen molar-refractivity contribution in [3.8, 4) is 0 Å². The summed E-state index contributed by atoms with van der Waals surface area (Å²) < 4.78 is 0. The van der Waals surface area contributed by atoms with Crippen LogP contribution in [-0.4, -0.2) is 25.9 Å². The quantitative estimate of drug-likeness (QED) is 0.543. The molecule has 4 heteroatoms. The Kier molecular flexibility index (Phi) is 11.4. The third-order valence-electron chi connectivity index (χ3n) is 0.930. The second-order valence-electron chi connectivity index (χ2n) is 1.59. The summed E-state index contributed by atoms with van der Waals surface area (Å²) in [5.41, 5.74) is 0. The van der Waals surface area contributed by atoms with Gasteiger partial charge in [0.15, 0.2) is 0 Å². The van der Waals surface area contributed by atoms with Crippen molar-refractivity contribution in [3.05, 3.63) is 0 Å². The molecule has 0 aromatic heterocycles. The lowest BCUT2D eigenvalue weighted by atomic mass is 10.3. The zero-order chi connectivity index (χ0) is 6.57. The van der Waals surface area contributed by atoms with Gasteiger partial charge in [0, 0.05) is 15.0 Å². The van der Waals surface area contributed by atoms with Crippen molar-refractivity contribution in [2.75, 3.05) is 5.33 Å². The molecule has 0 radical (unpaired) electrons. The SMILES string of the molecule is CCC(Br)C(Br)CBr.[SiH4]. The average Bonchev–Trinajstić information content (AvgIpc) is 1.84. The van der Waals surface area contributed by atoms with Gasteiger partial charge >= 0.3 is 0 Å². The maximum atomic E-state index is 3.53. The lowest BCUT2D eigenvalue weighted by molar-refractivity contribution is 0.840. The smallest absolute Gasteiger partial charge is 0.0367 e. The van der Waals surface area contributed by atoms with Crippen LogP contribution in [0, 0.1) is 0 Å². The summed E-state index contributed by atoms with van der Waals surface area (Å²) in [7, 11) is 0. The van der Waals surface area contributed by atoms with E-state index in [-0.39, 0.29) is 11.0 Å². The van der Waals surface area contributed by atoms with E-state index in [0.29, 0.717) is 9.65 Å². The first-order chi connectivity index (χ1) is 3.72. The monoisotopic (exact) mass is 338 g/mol. The maximum Gasteiger partial charge on any atom is 0.0367 e. The van der Waals surface area contributed by atoms with Gasteiger partial charge in [-0.1, -0.05) is 54.7 Å². The van der Waals surface area contributed by atoms with Gasteiger partial charge in [0.1, 0.15) is 0 Å². The van der Waals surface area contributed by atoms with Crippen molar-refractivity contribution in [1.82, 2.24) is 0 Å². The molecule has 0 N–H and O–H groups in total. The second-order valence-corrected chi connectivity index (χ2v) is 4.59. The van der Waals surface area contributed by atoms with Crippen LogP contribution in [0.1, 0.15) is 13.3 Å². The molecule has 0 nitrogen and oxygen atoms in total. The van der Waals surface area contributed by atoms with Gasteiger partial charge in [-0.25, -0.2) is 0 Å². The molecular formula is C5H13Br3Si. The van der Waals surface area contributed by atoms with E-state index in [1.165, 1.54) is 6.42 Å². The van der Waals surface area contributed by atoms with Gasteiger partial charge in [-0.15, -0.1) is 0 Å². The minimum absolute atomic E-state index is 0. The van der Waals surface area contributed by atoms with E-state index in [0.717, 1.165) is 5.33 Å². The van der Waals surface area contributed by atoms with Crippen LogP contribution < -0.4 is 0 Å². The number of hydrogen-bond acceptors (Lipinski definition) is 0. The fourth-order valence-corrected chi connectivity index (χ4v) is 1.87. The minimum Gasteiger partial charge on any atom is -0.0916 e. The van der Waals surface area contributed by atoms with E-state index in [1.54, 1.807) is 0 Å². The van der Waals surface area contributed by atoms with E-state index in [9.17, 15) is 0 Å². The lowest BCUT2D eigenvalue weighted by Crippen LogP contribution is -2.13. The van der Waals surface area contributed by atoms with Gasteiger partial charge in [0.05, 0.1) is 0 Å². The van der Waals surface area contributed by atoms with Gasteiger partial charge in [0.25, 0.3) is 0 Å². The van der Waals surface area contributed by atoms with Gasteiger partial charge in [0.2, 0.25) is 0 Å². The Morgan fingerprint density at radius 1 is 1.22 bits per heavy atom. The molecule has 0 spiro atoms. The van der Waals surface area contributed by atoms with Crippen LogP contribution in [0.3, 0.4) is 0 Å². The highest BCUT2D eigenvalue weighted by atomic mass is 79.9. The Hall–Kier alpha value is 1.66. The van der Waals surface area contributed by atoms with Crippen LogP contribution in [0.25, 0.3) is 0 Å². The number of alkyl halides is 3. The highest BCUT2D eigenvalue weighted by molar-refractivity contribution is 9.13. The molecule has 2 unspecified atom stereocenters. The molecule has 0 saturated heterocycles. The van der Waals surface area contributed by atoms with Crippen LogP contribution in [0.2, 0.25) is 0 Å². The summed E-state index contributed by atoms with van der Waals surface area (Å²) in [5.74, 6) is 0. The molecule has 0 bridgehead atoms. The third kappa shape index (κ3) is 6.07. The first-order valence-corrected chi connectivity index (χ1v) is 5.51. The summed E-state index contributed by atoms with van der Waals surface area (Å²) >= 11 is 10.4. The molecule has 0 saturated carbocycles. The molecule has 0 rings (SSSR count). The Labute approximate surface area is 86.6 Å². The lowest BCUT2D eigenvalue weighted by Gasteiger charge is -2.09. The molecule has 0 aliphatic rings. The summed E-state index contributed by atoms with van der Waals surface area (Å²) in [5, 5.41) is 1.01. The van der Waals surface area contributed by atoms with E-state index in [2.05, 4.69) is 54.7 Å². The maximum absolute atomic E-state index is 3.53. The predicted molar refractivity (Wildman–Crippen MR) is 60.8 cm³/mol. The van der Waals surface area contributed by atoms with Crippen LogP contribution >= 0.6 is 47.8 Å². The van der Waals surface area contributed by atoms with Crippen molar-refractivity contribution >= 4 is 58.8 Å². The summed E-state index contributed by atoms with van der Waals surface area (Å²) in [6, 6.07) is 0. The second kappa shape index (κ2) is 7.76. The zero-order valence-electron chi connectivity index (χ0n) is 4.70. The standard InChI is InChI=1S/C5H9Br3.H4Si/c1-2-4(7)5(8)3-6;/h4-5H,2-3H2,1H3;1H4. The largest absolute Gasteiger partial charge is 0.0916 e. The van der Waals surface area contributed by atoms with Crippen LogP contribution in [0.15, 0.2) is 0 Å². The fraction of sp³-hybridized carbons (Fsp3) is 1.00. The number of halogens is 3. The van der Waals surface area contributed by atoms with Crippen molar-refractivity contribution in [3.63, 3.8) is 0 Å². The normalized spacial score (nSPS) is 16.0. The Balaban J connectivity index is 0. The van der Waals surface area contributed by atoms with E-state index in [4.69, 9.17) is 0 Å². The molecule has 0 aromatic rings. The molecular weight excluding hydrogens is 328 g/mol. The van der Waals surface area contributed by atoms with Gasteiger partial charge in [-0.05, 0) is 17.4 Å². The van der Waals surface area contributed by atoms with Gasteiger partial charge in [-0.2, -0.15) is 0 Å². The predicted octanol–water partition coefficient (Wildman–Crippen LogP) is 1.87. The molecule has 58 valence electrons. The third-order valence-corrected chi connectivity index (χ3v) is 5.45. The van der Waals surface area contributed by atoms with E-state index < -0.39 is 0 Å². The highest BCUT2D eigenvalue weighted by Gasteiger charge is 2.10.